The van der Waals surface area contributed by atoms with Crippen molar-refractivity contribution in [2.75, 3.05) is 56.2 Å². The first-order valence-corrected chi connectivity index (χ1v) is 9.36. The van der Waals surface area contributed by atoms with Crippen LogP contribution in [0.1, 0.15) is 32.1 Å². The first-order chi connectivity index (χ1) is 12.3. The molecule has 2 saturated heterocycles. The summed E-state index contributed by atoms with van der Waals surface area (Å²) in [6.45, 7) is 5.03. The summed E-state index contributed by atoms with van der Waals surface area (Å²) < 4.78 is 4.98. The van der Waals surface area contributed by atoms with Gasteiger partial charge in [0.05, 0.1) is 18.5 Å². The van der Waals surface area contributed by atoms with Gasteiger partial charge < -0.3 is 19.9 Å². The number of piperidine rings is 2. The van der Waals surface area contributed by atoms with Crippen LogP contribution in [0.2, 0.25) is 0 Å². The highest BCUT2D eigenvalue weighted by Gasteiger charge is 2.27. The molecule has 2 aliphatic rings. The van der Waals surface area contributed by atoms with Crippen LogP contribution in [-0.2, 0) is 9.53 Å². The van der Waals surface area contributed by atoms with Crippen LogP contribution in [0.25, 0.3) is 0 Å². The van der Waals surface area contributed by atoms with Gasteiger partial charge in [-0.2, -0.15) is 0 Å². The van der Waals surface area contributed by atoms with E-state index in [-0.39, 0.29) is 11.8 Å². The van der Waals surface area contributed by atoms with E-state index >= 15 is 0 Å². The molecular formula is C18H29N5O2. The Hall–Kier alpha value is -1.89. The molecule has 7 heteroatoms. The number of amides is 1. The van der Waals surface area contributed by atoms with Gasteiger partial charge in [0.25, 0.3) is 0 Å². The SMILES string of the molecule is COCCNC(=O)C1CCN(c2cncnc2N2CCCCC2)CC1. The summed E-state index contributed by atoms with van der Waals surface area (Å²) >= 11 is 0. The average molecular weight is 347 g/mol. The van der Waals surface area contributed by atoms with E-state index in [4.69, 9.17) is 4.74 Å². The van der Waals surface area contributed by atoms with E-state index in [1.54, 1.807) is 13.4 Å². The second-order valence-electron chi connectivity index (χ2n) is 6.82. The smallest absolute Gasteiger partial charge is 0.223 e. The number of aromatic nitrogens is 2. The van der Waals surface area contributed by atoms with Crippen molar-refractivity contribution in [3.63, 3.8) is 0 Å². The van der Waals surface area contributed by atoms with E-state index in [0.29, 0.717) is 13.2 Å². The molecule has 2 fully saturated rings. The van der Waals surface area contributed by atoms with E-state index in [0.717, 1.165) is 50.5 Å². The molecule has 2 aliphatic heterocycles. The van der Waals surface area contributed by atoms with E-state index in [9.17, 15) is 4.79 Å². The molecule has 0 aliphatic carbocycles. The minimum Gasteiger partial charge on any atom is -0.383 e. The fourth-order valence-electron chi connectivity index (χ4n) is 3.69. The van der Waals surface area contributed by atoms with Gasteiger partial charge in [-0.1, -0.05) is 0 Å². The Morgan fingerprint density at radius 1 is 1.20 bits per heavy atom. The average Bonchev–Trinajstić information content (AvgIpc) is 2.69. The molecule has 1 N–H and O–H groups in total. The number of ether oxygens (including phenoxy) is 1. The molecule has 3 rings (SSSR count). The number of anilines is 2. The van der Waals surface area contributed by atoms with Gasteiger partial charge in [0, 0.05) is 45.8 Å². The second kappa shape index (κ2) is 8.99. The minimum atomic E-state index is 0.0937. The minimum absolute atomic E-state index is 0.0937. The number of nitrogens with zero attached hydrogens (tertiary/aromatic N) is 4. The highest BCUT2D eigenvalue weighted by molar-refractivity contribution is 5.79. The predicted octanol–water partition coefficient (Wildman–Crippen LogP) is 1.45. The lowest BCUT2D eigenvalue weighted by Crippen LogP contribution is -2.42. The Labute approximate surface area is 149 Å². The molecule has 0 radical (unpaired) electrons. The molecule has 0 atom stereocenters. The standard InChI is InChI=1S/C18H29N5O2/c1-25-12-7-20-18(24)15-5-10-22(11-6-15)16-13-19-14-21-17(16)23-8-3-2-4-9-23/h13-15H,2-12H2,1H3,(H,20,24). The third-order valence-corrected chi connectivity index (χ3v) is 5.14. The number of carbonyl (C=O) groups excluding carboxylic acids is 1. The molecule has 1 amide bonds. The maximum atomic E-state index is 12.2. The molecule has 3 heterocycles. The molecule has 1 aromatic rings. The van der Waals surface area contributed by atoms with Crippen LogP contribution in [0.15, 0.2) is 12.5 Å². The van der Waals surface area contributed by atoms with Gasteiger partial charge in [0.15, 0.2) is 5.82 Å². The summed E-state index contributed by atoms with van der Waals surface area (Å²) in [5.74, 6) is 1.30. The van der Waals surface area contributed by atoms with Crippen molar-refractivity contribution in [3.05, 3.63) is 12.5 Å². The zero-order valence-electron chi connectivity index (χ0n) is 15.1. The van der Waals surface area contributed by atoms with Crippen LogP contribution in [0.3, 0.4) is 0 Å². The molecule has 0 unspecified atom stereocenters. The zero-order valence-corrected chi connectivity index (χ0v) is 15.1. The van der Waals surface area contributed by atoms with Crippen molar-refractivity contribution in [1.82, 2.24) is 15.3 Å². The number of rotatable bonds is 6. The predicted molar refractivity (Wildman–Crippen MR) is 97.9 cm³/mol. The summed E-state index contributed by atoms with van der Waals surface area (Å²) in [6, 6.07) is 0. The Kier molecular flexibility index (Phi) is 6.44. The van der Waals surface area contributed by atoms with Gasteiger partial charge in [-0.15, -0.1) is 0 Å². The molecule has 138 valence electrons. The Balaban J connectivity index is 1.58. The van der Waals surface area contributed by atoms with Crippen LogP contribution in [-0.4, -0.2) is 62.3 Å². The van der Waals surface area contributed by atoms with Gasteiger partial charge in [-0.25, -0.2) is 9.97 Å². The molecule has 0 bridgehead atoms. The summed E-state index contributed by atoms with van der Waals surface area (Å²) in [5, 5.41) is 2.96. The third-order valence-electron chi connectivity index (χ3n) is 5.14. The van der Waals surface area contributed by atoms with Crippen molar-refractivity contribution in [2.24, 2.45) is 5.92 Å². The Bertz CT molecular complexity index is 554. The fourth-order valence-corrected chi connectivity index (χ4v) is 3.69. The summed E-state index contributed by atoms with van der Waals surface area (Å²) in [4.78, 5) is 25.7. The van der Waals surface area contributed by atoms with Crippen molar-refractivity contribution < 1.29 is 9.53 Å². The first kappa shape index (κ1) is 17.9. The summed E-state index contributed by atoms with van der Waals surface area (Å²) in [7, 11) is 1.65. The van der Waals surface area contributed by atoms with Crippen LogP contribution in [0.5, 0.6) is 0 Å². The number of hydrogen-bond donors (Lipinski definition) is 1. The Morgan fingerprint density at radius 3 is 2.68 bits per heavy atom. The molecule has 0 spiro atoms. The van der Waals surface area contributed by atoms with Crippen molar-refractivity contribution in [2.45, 2.75) is 32.1 Å². The van der Waals surface area contributed by atoms with Crippen LogP contribution in [0.4, 0.5) is 11.5 Å². The molecule has 0 aromatic carbocycles. The van der Waals surface area contributed by atoms with Crippen LogP contribution < -0.4 is 15.1 Å². The number of methoxy groups -OCH3 is 1. The maximum Gasteiger partial charge on any atom is 0.223 e. The van der Waals surface area contributed by atoms with Crippen molar-refractivity contribution >= 4 is 17.4 Å². The van der Waals surface area contributed by atoms with Crippen LogP contribution >= 0.6 is 0 Å². The summed E-state index contributed by atoms with van der Waals surface area (Å²) in [5.41, 5.74) is 1.11. The van der Waals surface area contributed by atoms with Gasteiger partial charge >= 0.3 is 0 Å². The number of hydrogen-bond acceptors (Lipinski definition) is 6. The molecular weight excluding hydrogens is 318 g/mol. The molecule has 7 nitrogen and oxygen atoms in total. The zero-order chi connectivity index (χ0) is 17.5. The topological polar surface area (TPSA) is 70.6 Å². The summed E-state index contributed by atoms with van der Waals surface area (Å²) in [6.07, 6.45) is 9.07. The van der Waals surface area contributed by atoms with E-state index in [1.807, 2.05) is 6.20 Å². The van der Waals surface area contributed by atoms with E-state index < -0.39 is 0 Å². The maximum absolute atomic E-state index is 12.2. The highest BCUT2D eigenvalue weighted by Crippen LogP contribution is 2.31. The molecule has 1 aromatic heterocycles. The monoisotopic (exact) mass is 347 g/mol. The van der Waals surface area contributed by atoms with E-state index in [1.165, 1.54) is 19.3 Å². The Morgan fingerprint density at radius 2 is 1.96 bits per heavy atom. The lowest BCUT2D eigenvalue weighted by Gasteiger charge is -2.36. The fraction of sp³-hybridized carbons (Fsp3) is 0.722. The lowest BCUT2D eigenvalue weighted by atomic mass is 9.95. The van der Waals surface area contributed by atoms with Gasteiger partial charge in [0.2, 0.25) is 5.91 Å². The van der Waals surface area contributed by atoms with Gasteiger partial charge in [-0.3, -0.25) is 4.79 Å². The second-order valence-corrected chi connectivity index (χ2v) is 6.82. The van der Waals surface area contributed by atoms with Crippen LogP contribution in [0, 0.1) is 5.92 Å². The number of nitrogens with one attached hydrogen (secondary N) is 1. The molecule has 0 saturated carbocycles. The van der Waals surface area contributed by atoms with Crippen molar-refractivity contribution in [1.29, 1.82) is 0 Å². The quantitative estimate of drug-likeness (QED) is 0.786. The third kappa shape index (κ3) is 4.60. The number of carbonyl (C=O) groups is 1. The largest absolute Gasteiger partial charge is 0.383 e. The van der Waals surface area contributed by atoms with Crippen molar-refractivity contribution in [3.8, 4) is 0 Å². The highest BCUT2D eigenvalue weighted by atomic mass is 16.5. The van der Waals surface area contributed by atoms with E-state index in [2.05, 4.69) is 25.1 Å². The normalized spacial score (nSPS) is 19.1. The first-order valence-electron chi connectivity index (χ1n) is 9.36. The lowest BCUT2D eigenvalue weighted by molar-refractivity contribution is -0.125. The molecule has 25 heavy (non-hydrogen) atoms. The van der Waals surface area contributed by atoms with Gasteiger partial charge in [0.1, 0.15) is 6.33 Å². The van der Waals surface area contributed by atoms with Gasteiger partial charge in [-0.05, 0) is 32.1 Å².